The van der Waals surface area contributed by atoms with E-state index >= 15 is 0 Å². The van der Waals surface area contributed by atoms with E-state index in [0.29, 0.717) is 17.0 Å². The number of carbonyl (C=O) groups excluding carboxylic acids is 1. The van der Waals surface area contributed by atoms with E-state index in [2.05, 4.69) is 34.7 Å². The summed E-state index contributed by atoms with van der Waals surface area (Å²) in [7, 11) is 0. The van der Waals surface area contributed by atoms with Crippen molar-refractivity contribution in [2.45, 2.75) is 90.5 Å². The van der Waals surface area contributed by atoms with Crippen LogP contribution in [0.5, 0.6) is 0 Å². The lowest BCUT2D eigenvalue weighted by atomic mass is 9.80. The van der Waals surface area contributed by atoms with Gasteiger partial charge in [-0.25, -0.2) is 0 Å². The molecular weight excluding hydrogens is 390 g/mol. The van der Waals surface area contributed by atoms with Gasteiger partial charge in [0.25, 0.3) is 0 Å². The minimum absolute atomic E-state index is 0.352. The van der Waals surface area contributed by atoms with E-state index in [4.69, 9.17) is 0 Å². The van der Waals surface area contributed by atoms with Crippen molar-refractivity contribution in [1.29, 1.82) is 0 Å². The van der Waals surface area contributed by atoms with Gasteiger partial charge >= 0.3 is 0 Å². The zero-order chi connectivity index (χ0) is 21.3. The molecule has 0 aromatic carbocycles. The third kappa shape index (κ3) is 7.40. The van der Waals surface area contributed by atoms with Crippen molar-refractivity contribution in [1.82, 2.24) is 14.7 Å². The van der Waals surface area contributed by atoms with Gasteiger partial charge in [0.05, 0.1) is 6.20 Å². The van der Waals surface area contributed by atoms with Gasteiger partial charge in [0.1, 0.15) is 0 Å². The Labute approximate surface area is 188 Å². The molecule has 3 rings (SSSR count). The Bertz CT molecular complexity index is 628. The second-order valence-corrected chi connectivity index (χ2v) is 10.8. The van der Waals surface area contributed by atoms with Gasteiger partial charge in [-0.1, -0.05) is 44.9 Å². The maximum absolute atomic E-state index is 11.8. The van der Waals surface area contributed by atoms with Gasteiger partial charge in [-0.2, -0.15) is 5.10 Å². The molecule has 0 unspecified atom stereocenters. The molecule has 0 radical (unpaired) electrons. The first-order chi connectivity index (χ1) is 14.5. The average Bonchev–Trinajstić information content (AvgIpc) is 3.23. The van der Waals surface area contributed by atoms with Crippen LogP contribution in [0.3, 0.4) is 0 Å². The zero-order valence-corrected chi connectivity index (χ0v) is 20.3. The minimum atomic E-state index is 0.352. The van der Waals surface area contributed by atoms with E-state index in [1.807, 2.05) is 12.5 Å². The molecule has 2 heterocycles. The van der Waals surface area contributed by atoms with Crippen molar-refractivity contribution < 1.29 is 4.79 Å². The summed E-state index contributed by atoms with van der Waals surface area (Å²) in [4.78, 5) is 14.5. The molecule has 30 heavy (non-hydrogen) atoms. The maximum atomic E-state index is 11.8. The highest BCUT2D eigenvalue weighted by molar-refractivity contribution is 8.13. The van der Waals surface area contributed by atoms with E-state index in [0.717, 1.165) is 31.2 Å². The van der Waals surface area contributed by atoms with Crippen LogP contribution in [0.4, 0.5) is 0 Å². The quantitative estimate of drug-likeness (QED) is 0.426. The van der Waals surface area contributed by atoms with Crippen LogP contribution in [0.2, 0.25) is 0 Å². The molecule has 1 saturated carbocycles. The fourth-order valence-corrected chi connectivity index (χ4v) is 5.80. The number of hydrogen-bond donors (Lipinski definition) is 0. The van der Waals surface area contributed by atoms with Gasteiger partial charge in [-0.15, -0.1) is 0 Å². The molecule has 0 spiro atoms. The van der Waals surface area contributed by atoms with Crippen LogP contribution in [0.25, 0.3) is 0 Å². The Morgan fingerprint density at radius 3 is 2.43 bits per heavy atom. The highest BCUT2D eigenvalue weighted by atomic mass is 32.2. The lowest BCUT2D eigenvalue weighted by Gasteiger charge is -2.32. The van der Waals surface area contributed by atoms with E-state index < -0.39 is 0 Å². The van der Waals surface area contributed by atoms with Gasteiger partial charge < -0.3 is 4.90 Å². The highest BCUT2D eigenvalue weighted by Crippen LogP contribution is 2.34. The summed E-state index contributed by atoms with van der Waals surface area (Å²) < 4.78 is 2.17. The monoisotopic (exact) mass is 433 g/mol. The molecular formula is C25H43N3OS. The van der Waals surface area contributed by atoms with Crippen LogP contribution in [0, 0.1) is 17.8 Å². The Kier molecular flexibility index (Phi) is 9.76. The first kappa shape index (κ1) is 23.8. The lowest BCUT2D eigenvalue weighted by Crippen LogP contribution is -2.35. The second kappa shape index (κ2) is 12.3. The van der Waals surface area contributed by atoms with Crippen molar-refractivity contribution in [3.8, 4) is 0 Å². The summed E-state index contributed by atoms with van der Waals surface area (Å²) >= 11 is 1.42. The maximum Gasteiger partial charge on any atom is 0.191 e. The van der Waals surface area contributed by atoms with Gasteiger partial charge in [0.15, 0.2) is 5.12 Å². The molecule has 2 aliphatic rings. The Morgan fingerprint density at radius 2 is 1.80 bits per heavy atom. The molecule has 1 aliphatic carbocycles. The van der Waals surface area contributed by atoms with Crippen LogP contribution < -0.4 is 0 Å². The van der Waals surface area contributed by atoms with E-state index in [9.17, 15) is 4.79 Å². The van der Waals surface area contributed by atoms with Crippen molar-refractivity contribution in [3.63, 3.8) is 0 Å². The number of nitrogens with zero attached hydrogens (tertiary/aromatic N) is 3. The first-order valence-corrected chi connectivity index (χ1v) is 13.6. The fourth-order valence-electron chi connectivity index (χ4n) is 5.23. The third-order valence-corrected chi connectivity index (χ3v) is 8.18. The first-order valence-electron chi connectivity index (χ1n) is 12.4. The van der Waals surface area contributed by atoms with Crippen molar-refractivity contribution >= 4 is 16.9 Å². The molecule has 1 aromatic heterocycles. The number of hydrogen-bond acceptors (Lipinski definition) is 4. The number of likely N-dealkylation sites (tertiary alicyclic amines) is 1. The Hall–Kier alpha value is -0.810. The van der Waals surface area contributed by atoms with E-state index in [1.54, 1.807) is 0 Å². The molecule has 1 aliphatic heterocycles. The van der Waals surface area contributed by atoms with Gasteiger partial charge in [0.2, 0.25) is 0 Å². The third-order valence-electron chi connectivity index (χ3n) is 7.44. The van der Waals surface area contributed by atoms with Crippen molar-refractivity contribution in [3.05, 3.63) is 18.0 Å². The fraction of sp³-hybridized carbons (Fsp3) is 0.840. The molecule has 0 atom stereocenters. The molecule has 4 nitrogen and oxygen atoms in total. The summed E-state index contributed by atoms with van der Waals surface area (Å²) in [5.74, 6) is 2.59. The summed E-state index contributed by atoms with van der Waals surface area (Å²) in [5, 5.41) is 4.98. The van der Waals surface area contributed by atoms with Crippen LogP contribution in [0.1, 0.15) is 89.5 Å². The van der Waals surface area contributed by atoms with Crippen LogP contribution in [-0.4, -0.2) is 45.7 Å². The predicted octanol–water partition coefficient (Wildman–Crippen LogP) is 5.97. The molecule has 1 saturated heterocycles. The zero-order valence-electron chi connectivity index (χ0n) is 19.5. The summed E-state index contributed by atoms with van der Waals surface area (Å²) in [6.07, 6.45) is 19.1. The molecule has 170 valence electrons. The smallest absolute Gasteiger partial charge is 0.191 e. The van der Waals surface area contributed by atoms with Crippen LogP contribution in [0.15, 0.2) is 12.4 Å². The summed E-state index contributed by atoms with van der Waals surface area (Å²) in [6, 6.07) is 0. The van der Waals surface area contributed by atoms with Gasteiger partial charge in [-0.3, -0.25) is 9.48 Å². The number of carbonyl (C=O) groups is 1. The van der Waals surface area contributed by atoms with Crippen molar-refractivity contribution in [2.75, 3.05) is 25.9 Å². The second-order valence-electron chi connectivity index (χ2n) is 10.0. The number of rotatable bonds is 10. The molecule has 5 heteroatoms. The van der Waals surface area contributed by atoms with Gasteiger partial charge in [-0.05, 0) is 94.2 Å². The highest BCUT2D eigenvalue weighted by Gasteiger charge is 2.25. The lowest BCUT2D eigenvalue weighted by molar-refractivity contribution is -0.115. The Morgan fingerprint density at radius 1 is 1.07 bits per heavy atom. The van der Waals surface area contributed by atoms with E-state index in [-0.39, 0.29) is 0 Å². The standard InChI is InChI=1S/C25H43N3OS/c1-20(2)24-17-26-28(19-24)18-22-12-15-27(16-13-22)14-6-4-5-7-21-8-10-23(11-9-21)25(29)30-3/h17,19-23H,4-16,18H2,1-3H3. The predicted molar refractivity (Wildman–Crippen MR) is 128 cm³/mol. The number of aromatic nitrogens is 2. The largest absolute Gasteiger partial charge is 0.303 e. The summed E-state index contributed by atoms with van der Waals surface area (Å²) in [6.45, 7) is 9.36. The van der Waals surface area contributed by atoms with Crippen molar-refractivity contribution in [2.24, 2.45) is 17.8 Å². The molecule has 1 aromatic rings. The number of unbranched alkanes of at least 4 members (excludes halogenated alkanes) is 2. The van der Waals surface area contributed by atoms with Crippen LogP contribution in [-0.2, 0) is 11.3 Å². The molecule has 2 fully saturated rings. The molecule has 0 amide bonds. The molecule has 0 N–H and O–H groups in total. The Balaban J connectivity index is 1.21. The average molecular weight is 434 g/mol. The topological polar surface area (TPSA) is 38.1 Å². The summed E-state index contributed by atoms with van der Waals surface area (Å²) in [5.41, 5.74) is 1.36. The number of piperidine rings is 1. The minimum Gasteiger partial charge on any atom is -0.303 e. The number of thioether (sulfide) groups is 1. The molecule has 0 bridgehead atoms. The SMILES string of the molecule is CSC(=O)C1CCC(CCCCCN2CCC(Cn3cc(C(C)C)cn3)CC2)CC1. The normalized spacial score (nSPS) is 23.9. The van der Waals surface area contributed by atoms with Gasteiger partial charge in [0, 0.05) is 18.7 Å². The van der Waals surface area contributed by atoms with E-state index in [1.165, 1.54) is 88.3 Å². The van der Waals surface area contributed by atoms with Crippen LogP contribution >= 0.6 is 11.8 Å².